The Bertz CT molecular complexity index is 284. The van der Waals surface area contributed by atoms with Crippen molar-refractivity contribution in [2.45, 2.75) is 39.7 Å². The molecule has 0 aliphatic heterocycles. The molecule has 0 aromatic rings. The van der Waals surface area contributed by atoms with Gasteiger partial charge in [0.15, 0.2) is 0 Å². The lowest BCUT2D eigenvalue weighted by atomic mass is 9.49. The van der Waals surface area contributed by atoms with E-state index in [1.807, 2.05) is 6.92 Å². The first-order valence-corrected chi connectivity index (χ1v) is 5.65. The van der Waals surface area contributed by atoms with Crippen LogP contribution in [-0.2, 0) is 0 Å². The van der Waals surface area contributed by atoms with E-state index < -0.39 is 0 Å². The molecule has 3 aliphatic rings. The maximum atomic E-state index is 5.72. The molecule has 1 fully saturated rings. The summed E-state index contributed by atoms with van der Waals surface area (Å²) in [5.74, 6) is 1.72. The first-order valence-electron chi connectivity index (χ1n) is 5.65. The second-order valence-electron chi connectivity index (χ2n) is 5.46. The molecule has 0 aromatic heterocycles. The number of rotatable bonds is 2. The zero-order chi connectivity index (χ0) is 10.3. The zero-order valence-corrected chi connectivity index (χ0v) is 9.46. The highest BCUT2D eigenvalue weighted by Crippen LogP contribution is 2.59. The smallest absolute Gasteiger partial charge is 0.0197 e. The Morgan fingerprint density at radius 3 is 2.79 bits per heavy atom. The molecular formula is C13H21N. The minimum Gasteiger partial charge on any atom is -0.325 e. The maximum Gasteiger partial charge on any atom is 0.0197 e. The largest absolute Gasteiger partial charge is 0.325 e. The van der Waals surface area contributed by atoms with Gasteiger partial charge < -0.3 is 5.73 Å². The molecule has 1 heteroatoms. The Labute approximate surface area is 87.1 Å². The quantitative estimate of drug-likeness (QED) is 0.713. The van der Waals surface area contributed by atoms with E-state index in [1.165, 1.54) is 18.4 Å². The first kappa shape index (κ1) is 9.97. The van der Waals surface area contributed by atoms with Crippen molar-refractivity contribution in [1.82, 2.24) is 0 Å². The van der Waals surface area contributed by atoms with Crippen LogP contribution in [0.3, 0.4) is 0 Å². The average molecular weight is 191 g/mol. The molecule has 0 aromatic carbocycles. The van der Waals surface area contributed by atoms with Crippen molar-refractivity contribution in [3.8, 4) is 0 Å². The Hall–Kier alpha value is -0.560. The molecule has 2 N–H and O–H groups in total. The third-order valence-corrected chi connectivity index (χ3v) is 4.10. The van der Waals surface area contributed by atoms with Crippen molar-refractivity contribution in [3.05, 3.63) is 23.8 Å². The molecule has 2 bridgehead atoms. The van der Waals surface area contributed by atoms with Crippen LogP contribution >= 0.6 is 0 Å². The lowest BCUT2D eigenvalue weighted by Crippen LogP contribution is -2.47. The van der Waals surface area contributed by atoms with E-state index in [4.69, 9.17) is 5.73 Å². The molecule has 1 nitrogen and oxygen atoms in total. The fraction of sp³-hybridized carbons (Fsp3) is 0.692. The molecule has 1 saturated carbocycles. The lowest BCUT2D eigenvalue weighted by Gasteiger charge is -2.56. The van der Waals surface area contributed by atoms with Crippen LogP contribution in [0.2, 0.25) is 0 Å². The second-order valence-corrected chi connectivity index (χ2v) is 5.46. The Morgan fingerprint density at radius 1 is 1.57 bits per heavy atom. The van der Waals surface area contributed by atoms with Gasteiger partial charge in [-0.15, -0.1) is 0 Å². The highest BCUT2D eigenvalue weighted by atomic mass is 14.6. The van der Waals surface area contributed by atoms with Gasteiger partial charge in [0, 0.05) is 6.04 Å². The summed E-state index contributed by atoms with van der Waals surface area (Å²) < 4.78 is 0. The Morgan fingerprint density at radius 2 is 2.29 bits per heavy atom. The van der Waals surface area contributed by atoms with Gasteiger partial charge in [0.25, 0.3) is 0 Å². The summed E-state index contributed by atoms with van der Waals surface area (Å²) in [6.07, 6.45) is 9.42. The van der Waals surface area contributed by atoms with Gasteiger partial charge in [0.2, 0.25) is 0 Å². The minimum absolute atomic E-state index is 0.178. The predicted octanol–water partition coefficient (Wildman–Crippen LogP) is 2.88. The van der Waals surface area contributed by atoms with Crippen LogP contribution in [0.25, 0.3) is 0 Å². The first-order chi connectivity index (χ1) is 6.51. The van der Waals surface area contributed by atoms with Crippen molar-refractivity contribution in [2.75, 3.05) is 0 Å². The topological polar surface area (TPSA) is 26.0 Å². The van der Waals surface area contributed by atoms with E-state index in [9.17, 15) is 0 Å². The zero-order valence-electron chi connectivity index (χ0n) is 9.46. The normalized spacial score (nSPS) is 36.4. The van der Waals surface area contributed by atoms with Crippen LogP contribution in [0.15, 0.2) is 23.8 Å². The summed E-state index contributed by atoms with van der Waals surface area (Å²) in [5, 5.41) is 0. The fourth-order valence-electron chi connectivity index (χ4n) is 2.85. The molecule has 0 saturated heterocycles. The number of hydrogen-bond donors (Lipinski definition) is 1. The van der Waals surface area contributed by atoms with Gasteiger partial charge >= 0.3 is 0 Å². The molecule has 14 heavy (non-hydrogen) atoms. The van der Waals surface area contributed by atoms with E-state index in [2.05, 4.69) is 32.1 Å². The molecule has 0 heterocycles. The molecule has 3 aliphatic carbocycles. The molecule has 3 unspecified atom stereocenters. The van der Waals surface area contributed by atoms with Crippen LogP contribution in [0.5, 0.6) is 0 Å². The van der Waals surface area contributed by atoms with E-state index in [-0.39, 0.29) is 6.04 Å². The number of nitrogens with two attached hydrogens (primary N) is 1. The van der Waals surface area contributed by atoms with E-state index in [1.54, 1.807) is 0 Å². The van der Waals surface area contributed by atoms with Crippen LogP contribution in [0.4, 0.5) is 0 Å². The summed E-state index contributed by atoms with van der Waals surface area (Å²) in [4.78, 5) is 0. The summed E-state index contributed by atoms with van der Waals surface area (Å²) in [5.41, 5.74) is 7.78. The summed E-state index contributed by atoms with van der Waals surface area (Å²) in [6, 6.07) is 0.178. The Kier molecular flexibility index (Phi) is 2.30. The Balaban J connectivity index is 2.11. The van der Waals surface area contributed by atoms with Crippen LogP contribution in [-0.4, -0.2) is 6.04 Å². The van der Waals surface area contributed by atoms with Gasteiger partial charge in [-0.05, 0) is 42.6 Å². The highest BCUT2D eigenvalue weighted by molar-refractivity contribution is 5.32. The molecule has 78 valence electrons. The van der Waals surface area contributed by atoms with Crippen molar-refractivity contribution in [3.63, 3.8) is 0 Å². The predicted molar refractivity (Wildman–Crippen MR) is 60.9 cm³/mol. The van der Waals surface area contributed by atoms with Gasteiger partial charge in [-0.3, -0.25) is 0 Å². The average Bonchev–Trinajstić information content (AvgIpc) is 2.14. The van der Waals surface area contributed by atoms with Crippen LogP contribution in [0, 0.1) is 17.3 Å². The summed E-state index contributed by atoms with van der Waals surface area (Å²) >= 11 is 0. The fourth-order valence-corrected chi connectivity index (χ4v) is 2.85. The molecule has 3 rings (SSSR count). The maximum absolute atomic E-state index is 5.72. The minimum atomic E-state index is 0.178. The molecule has 0 amide bonds. The van der Waals surface area contributed by atoms with Gasteiger partial charge in [-0.2, -0.15) is 0 Å². The standard InChI is InChI=1S/C13H21N/c1-9(14)4-5-10-6-7-11-8-12(10)13(11,2)3/h4-6,9,11-12H,7-8,14H2,1-3H3/b5-4+. The van der Waals surface area contributed by atoms with Crippen molar-refractivity contribution in [2.24, 2.45) is 23.0 Å². The van der Waals surface area contributed by atoms with E-state index >= 15 is 0 Å². The summed E-state index contributed by atoms with van der Waals surface area (Å²) in [6.45, 7) is 6.83. The summed E-state index contributed by atoms with van der Waals surface area (Å²) in [7, 11) is 0. The van der Waals surface area contributed by atoms with Gasteiger partial charge in [0.05, 0.1) is 0 Å². The number of hydrogen-bond acceptors (Lipinski definition) is 1. The number of fused-ring (bicyclic) bond motifs is 1. The third-order valence-electron chi connectivity index (χ3n) is 4.10. The van der Waals surface area contributed by atoms with Crippen molar-refractivity contribution < 1.29 is 0 Å². The van der Waals surface area contributed by atoms with Crippen LogP contribution < -0.4 is 5.73 Å². The molecule has 0 radical (unpaired) electrons. The van der Waals surface area contributed by atoms with Gasteiger partial charge in [-0.1, -0.05) is 32.1 Å². The van der Waals surface area contributed by atoms with Crippen molar-refractivity contribution >= 4 is 0 Å². The third kappa shape index (κ3) is 1.44. The van der Waals surface area contributed by atoms with Gasteiger partial charge in [0.1, 0.15) is 0 Å². The van der Waals surface area contributed by atoms with Gasteiger partial charge in [-0.25, -0.2) is 0 Å². The van der Waals surface area contributed by atoms with Crippen LogP contribution in [0.1, 0.15) is 33.6 Å². The monoisotopic (exact) mass is 191 g/mol. The van der Waals surface area contributed by atoms with E-state index in [0.717, 1.165) is 11.8 Å². The SMILES string of the molecule is CC(N)/C=C/C1=CCC2CC1C2(C)C. The highest BCUT2D eigenvalue weighted by Gasteiger charge is 2.50. The molecular weight excluding hydrogens is 170 g/mol. The molecule has 3 atom stereocenters. The lowest BCUT2D eigenvalue weighted by molar-refractivity contribution is -0.00331. The van der Waals surface area contributed by atoms with Crippen molar-refractivity contribution in [1.29, 1.82) is 0 Å². The second kappa shape index (κ2) is 3.23. The number of allylic oxidation sites excluding steroid dienone is 3. The van der Waals surface area contributed by atoms with E-state index in [0.29, 0.717) is 5.41 Å². The molecule has 0 spiro atoms.